The number of ketones is 1. The van der Waals surface area contributed by atoms with Crippen LogP contribution in [0.25, 0.3) is 27.8 Å². The molecule has 3 heterocycles. The summed E-state index contributed by atoms with van der Waals surface area (Å²) in [6, 6.07) is 6.34. The number of aromatic hydroxyl groups is 1. The lowest BCUT2D eigenvalue weighted by molar-refractivity contribution is -0.169. The van der Waals surface area contributed by atoms with Crippen molar-refractivity contribution in [3.8, 4) is 22.6 Å². The summed E-state index contributed by atoms with van der Waals surface area (Å²) in [5.74, 6) is -2.81. The number of phenols is 1. The summed E-state index contributed by atoms with van der Waals surface area (Å²) >= 11 is 0. The van der Waals surface area contributed by atoms with Crippen LogP contribution < -0.4 is 10.4 Å². The van der Waals surface area contributed by atoms with E-state index in [0.717, 1.165) is 7.11 Å². The highest BCUT2D eigenvalue weighted by Gasteiger charge is 2.61. The van der Waals surface area contributed by atoms with Crippen LogP contribution in [0, 0.1) is 0 Å². The summed E-state index contributed by atoms with van der Waals surface area (Å²) in [4.78, 5) is 38.0. The molecule has 1 fully saturated rings. The molecule has 1 saturated carbocycles. The van der Waals surface area contributed by atoms with Gasteiger partial charge in [-0.05, 0) is 24.1 Å². The van der Waals surface area contributed by atoms with Crippen LogP contribution in [0.4, 0.5) is 0 Å². The molecule has 3 aliphatic rings. The van der Waals surface area contributed by atoms with Crippen molar-refractivity contribution in [2.45, 2.75) is 31.1 Å². The molecule has 0 saturated heterocycles. The predicted octanol–water partition coefficient (Wildman–Crippen LogP) is 1.63. The molecule has 0 radical (unpaired) electrons. The molecule has 0 spiro atoms. The van der Waals surface area contributed by atoms with Gasteiger partial charge in [0.25, 0.3) is 5.60 Å². The number of hydrogen-bond donors (Lipinski definition) is 3. The van der Waals surface area contributed by atoms with E-state index in [2.05, 4.69) is 0 Å². The number of ether oxygens (including phenoxy) is 2. The van der Waals surface area contributed by atoms with E-state index in [1.165, 1.54) is 10.8 Å². The zero-order valence-corrected chi connectivity index (χ0v) is 17.2. The fraction of sp³-hybridized carbons (Fsp3) is 0.261. The smallest absolute Gasteiger partial charge is 0.365 e. The number of benzene rings is 2. The first-order valence-corrected chi connectivity index (χ1v) is 10.2. The molecule has 2 atom stereocenters. The fourth-order valence-corrected chi connectivity index (χ4v) is 5.20. The molecular weight excluding hydrogens is 434 g/mol. The Morgan fingerprint density at radius 3 is 2.79 bits per heavy atom. The lowest BCUT2D eigenvalue weighted by Gasteiger charge is -2.43. The number of fused-ring (bicyclic) bond motifs is 5. The molecule has 0 amide bonds. The van der Waals surface area contributed by atoms with Gasteiger partial charge in [-0.3, -0.25) is 4.79 Å². The third-order valence-electron chi connectivity index (χ3n) is 6.61. The topological polar surface area (TPSA) is 148 Å². The van der Waals surface area contributed by atoms with Crippen molar-refractivity contribution in [3.05, 3.63) is 51.4 Å². The molecule has 10 heteroatoms. The lowest BCUT2D eigenvalue weighted by Crippen LogP contribution is -2.61. The van der Waals surface area contributed by atoms with Crippen LogP contribution in [0.2, 0.25) is 0 Å². The van der Waals surface area contributed by atoms with Crippen LogP contribution in [0.5, 0.6) is 11.5 Å². The summed E-state index contributed by atoms with van der Waals surface area (Å²) < 4.78 is 17.7. The Labute approximate surface area is 184 Å². The van der Waals surface area contributed by atoms with Crippen molar-refractivity contribution >= 4 is 28.4 Å². The Morgan fingerprint density at radius 1 is 1.24 bits per heavy atom. The van der Waals surface area contributed by atoms with E-state index in [1.807, 2.05) is 0 Å². The number of aromatic nitrogens is 1. The molecule has 0 bridgehead atoms. The quantitative estimate of drug-likeness (QED) is 0.367. The van der Waals surface area contributed by atoms with Crippen LogP contribution in [0.1, 0.15) is 24.0 Å². The maximum atomic E-state index is 13.0. The number of aliphatic hydroxyl groups is 2. The summed E-state index contributed by atoms with van der Waals surface area (Å²) in [5.41, 5.74) is -1.61. The lowest BCUT2D eigenvalue weighted by atomic mass is 9.73. The van der Waals surface area contributed by atoms with Gasteiger partial charge in [0, 0.05) is 17.5 Å². The minimum absolute atomic E-state index is 0.0688. The summed E-state index contributed by atoms with van der Waals surface area (Å²) in [6.07, 6.45) is -1.69. The standard InChI is InChI=1S/C23H17NO9/c1-31-22(30)23-14(27)6-5-12(25)17(23)19(28)16-13(26)7-9-8-24-18-10(15(9)20(16)32-23)3-2-4-11(18)21(29)33-24/h2-4,7,14,26-28H,5-6,8H2,1H3/t14-,23?/m0/s1. The molecule has 168 valence electrons. The maximum Gasteiger partial charge on any atom is 0.365 e. The number of carbonyl (C=O) groups excluding carboxylic acids is 2. The highest BCUT2D eigenvalue weighted by atomic mass is 16.6. The monoisotopic (exact) mass is 451 g/mol. The second-order valence-electron chi connectivity index (χ2n) is 8.28. The minimum atomic E-state index is -2.30. The Balaban J connectivity index is 1.74. The van der Waals surface area contributed by atoms with Crippen molar-refractivity contribution in [2.24, 2.45) is 0 Å². The van der Waals surface area contributed by atoms with Gasteiger partial charge < -0.3 is 29.3 Å². The molecule has 2 aromatic carbocycles. The number of para-hydroxylation sites is 1. The van der Waals surface area contributed by atoms with E-state index >= 15 is 0 Å². The van der Waals surface area contributed by atoms with Gasteiger partial charge in [0.15, 0.2) is 5.78 Å². The molecule has 2 aliphatic heterocycles. The van der Waals surface area contributed by atoms with Gasteiger partial charge in [-0.15, -0.1) is 0 Å². The number of aliphatic hydroxyl groups excluding tert-OH is 2. The molecule has 3 N–H and O–H groups in total. The average molecular weight is 451 g/mol. The molecule has 3 aromatic rings. The van der Waals surface area contributed by atoms with E-state index in [1.54, 1.807) is 18.2 Å². The predicted molar refractivity (Wildman–Crippen MR) is 112 cm³/mol. The van der Waals surface area contributed by atoms with E-state index in [0.29, 0.717) is 27.6 Å². The summed E-state index contributed by atoms with van der Waals surface area (Å²) in [6.45, 7) is 0.0688. The Bertz CT molecular complexity index is 1510. The van der Waals surface area contributed by atoms with Crippen molar-refractivity contribution in [3.63, 3.8) is 0 Å². The van der Waals surface area contributed by atoms with Crippen LogP contribution in [0.15, 0.2) is 39.2 Å². The van der Waals surface area contributed by atoms with Gasteiger partial charge in [0.2, 0.25) is 0 Å². The normalized spacial score (nSPS) is 23.0. The van der Waals surface area contributed by atoms with Crippen molar-refractivity contribution in [1.29, 1.82) is 0 Å². The van der Waals surface area contributed by atoms with Crippen LogP contribution in [-0.2, 0) is 20.9 Å². The average Bonchev–Trinajstić information content (AvgIpc) is 3.11. The zero-order chi connectivity index (χ0) is 23.2. The van der Waals surface area contributed by atoms with Gasteiger partial charge in [-0.25, -0.2) is 14.3 Å². The third-order valence-corrected chi connectivity index (χ3v) is 6.61. The van der Waals surface area contributed by atoms with E-state index in [4.69, 9.17) is 14.0 Å². The van der Waals surface area contributed by atoms with Crippen molar-refractivity contribution in [2.75, 3.05) is 7.11 Å². The first-order chi connectivity index (χ1) is 15.8. The van der Waals surface area contributed by atoms with Gasteiger partial charge in [-0.2, -0.15) is 0 Å². The van der Waals surface area contributed by atoms with Crippen molar-refractivity contribution in [1.82, 2.24) is 4.74 Å². The summed E-state index contributed by atoms with van der Waals surface area (Å²) in [5, 5.41) is 33.1. The number of Topliss-reactive ketones (excluding diaryl/α,β-unsaturated/α-hetero) is 1. The molecule has 33 heavy (non-hydrogen) atoms. The number of hydrogen-bond acceptors (Lipinski definition) is 9. The minimum Gasteiger partial charge on any atom is -0.507 e. The van der Waals surface area contributed by atoms with E-state index in [9.17, 15) is 29.7 Å². The van der Waals surface area contributed by atoms with E-state index in [-0.39, 0.29) is 30.7 Å². The highest BCUT2D eigenvalue weighted by molar-refractivity contribution is 6.13. The number of methoxy groups -OCH3 is 1. The highest BCUT2D eigenvalue weighted by Crippen LogP contribution is 2.54. The molecule has 1 aromatic heterocycles. The first-order valence-electron chi connectivity index (χ1n) is 10.2. The maximum absolute atomic E-state index is 13.0. The number of nitrogens with zero attached hydrogens (tertiary/aromatic N) is 1. The van der Waals surface area contributed by atoms with Crippen LogP contribution in [-0.4, -0.2) is 50.6 Å². The molecule has 1 unspecified atom stereocenters. The molecular formula is C23H17NO9. The van der Waals surface area contributed by atoms with Gasteiger partial charge in [-0.1, -0.05) is 12.1 Å². The van der Waals surface area contributed by atoms with E-state index < -0.39 is 46.2 Å². The second kappa shape index (κ2) is 6.26. The Kier molecular flexibility index (Phi) is 3.72. The van der Waals surface area contributed by atoms with Crippen LogP contribution >= 0.6 is 0 Å². The Hall–Kier alpha value is -4.05. The Morgan fingerprint density at radius 2 is 2.03 bits per heavy atom. The molecule has 10 nitrogen and oxygen atoms in total. The fourth-order valence-electron chi connectivity index (χ4n) is 5.20. The second-order valence-corrected chi connectivity index (χ2v) is 8.28. The van der Waals surface area contributed by atoms with Gasteiger partial charge >= 0.3 is 11.6 Å². The number of phenolic OH excluding ortho intramolecular Hbond substituents is 1. The van der Waals surface area contributed by atoms with Crippen molar-refractivity contribution < 1.29 is 38.9 Å². The number of carbonyl (C=O) groups is 2. The third kappa shape index (κ3) is 2.23. The summed E-state index contributed by atoms with van der Waals surface area (Å²) in [7, 11) is 1.08. The molecule has 1 aliphatic carbocycles. The first kappa shape index (κ1) is 19.6. The zero-order valence-electron chi connectivity index (χ0n) is 17.2. The van der Waals surface area contributed by atoms with Gasteiger partial charge in [0.05, 0.1) is 30.1 Å². The number of esters is 1. The SMILES string of the molecule is COC(=O)C12Oc3c(c(O)cc4c3-c3cccc5c(=O)on(c35)C4)C(O)=C1C(=O)CC[C@@H]2O. The van der Waals surface area contributed by atoms with Gasteiger partial charge in [0.1, 0.15) is 28.9 Å². The molecule has 6 rings (SSSR count). The number of rotatable bonds is 1. The van der Waals surface area contributed by atoms with Crippen LogP contribution in [0.3, 0.4) is 0 Å². The largest absolute Gasteiger partial charge is 0.507 e.